The van der Waals surface area contributed by atoms with Crippen LogP contribution in [0.1, 0.15) is 44.9 Å². The van der Waals surface area contributed by atoms with E-state index in [0.717, 1.165) is 25.7 Å². The minimum Gasteiger partial charge on any atom is -0.212 e. The van der Waals surface area contributed by atoms with Gasteiger partial charge in [-0.1, -0.05) is 6.42 Å². The summed E-state index contributed by atoms with van der Waals surface area (Å²) in [5.41, 5.74) is 0.557. The Morgan fingerprint density at radius 2 is 1.64 bits per heavy atom. The third-order valence-electron chi connectivity index (χ3n) is 4.75. The van der Waals surface area contributed by atoms with Crippen LogP contribution in [-0.4, -0.2) is 13.2 Å². The highest BCUT2D eigenvalue weighted by Crippen LogP contribution is 2.67. The van der Waals surface area contributed by atoms with Crippen molar-refractivity contribution in [2.75, 3.05) is 0 Å². The first-order chi connectivity index (χ1) is 6.48. The van der Waals surface area contributed by atoms with Crippen molar-refractivity contribution in [1.29, 1.82) is 0 Å². The third-order valence-corrected chi connectivity index (χ3v) is 7.38. The summed E-state index contributed by atoms with van der Waals surface area (Å²) >= 11 is 0. The van der Waals surface area contributed by atoms with Crippen molar-refractivity contribution in [2.24, 2.45) is 11.3 Å². The first kappa shape index (κ1) is 9.46. The van der Waals surface area contributed by atoms with E-state index in [-0.39, 0.29) is 0 Å². The van der Waals surface area contributed by atoms with Gasteiger partial charge in [0.2, 0.25) is 9.05 Å². The van der Waals surface area contributed by atoms with E-state index in [4.69, 9.17) is 10.7 Å². The van der Waals surface area contributed by atoms with Crippen LogP contribution in [0.25, 0.3) is 0 Å². The lowest BCUT2D eigenvalue weighted by atomic mass is 9.51. The Balaban J connectivity index is 1.74. The fourth-order valence-corrected chi connectivity index (χ4v) is 5.41. The third kappa shape index (κ3) is 1.06. The maximum absolute atomic E-state index is 11.4. The topological polar surface area (TPSA) is 34.1 Å². The van der Waals surface area contributed by atoms with Crippen molar-refractivity contribution < 1.29 is 8.42 Å². The van der Waals surface area contributed by atoms with Crippen LogP contribution < -0.4 is 0 Å². The van der Waals surface area contributed by atoms with Gasteiger partial charge >= 0.3 is 0 Å². The van der Waals surface area contributed by atoms with Gasteiger partial charge in [0.15, 0.2) is 0 Å². The van der Waals surface area contributed by atoms with Gasteiger partial charge in [-0.15, -0.1) is 0 Å². The molecule has 2 nitrogen and oxygen atoms in total. The highest BCUT2D eigenvalue weighted by atomic mass is 35.7. The Labute approximate surface area is 89.4 Å². The van der Waals surface area contributed by atoms with Crippen LogP contribution in [0.3, 0.4) is 0 Å². The van der Waals surface area contributed by atoms with Crippen LogP contribution in [0.5, 0.6) is 0 Å². The minimum absolute atomic E-state index is 0.380. The molecule has 0 aromatic carbocycles. The fourth-order valence-electron chi connectivity index (χ4n) is 3.42. The molecule has 0 aromatic heterocycles. The summed E-state index contributed by atoms with van der Waals surface area (Å²) < 4.78 is 22.4. The van der Waals surface area contributed by atoms with Gasteiger partial charge < -0.3 is 0 Å². The SMILES string of the molecule is O=S(=O)(Cl)C1(C2CC3(CCC3)C2)CC1. The van der Waals surface area contributed by atoms with Crippen molar-refractivity contribution in [3.05, 3.63) is 0 Å². The molecule has 3 saturated carbocycles. The van der Waals surface area contributed by atoms with Crippen molar-refractivity contribution in [3.63, 3.8) is 0 Å². The van der Waals surface area contributed by atoms with E-state index in [0.29, 0.717) is 11.3 Å². The van der Waals surface area contributed by atoms with Crippen LogP contribution in [0.15, 0.2) is 0 Å². The Morgan fingerprint density at radius 1 is 1.07 bits per heavy atom. The number of hydrogen-bond donors (Lipinski definition) is 0. The normalized spacial score (nSPS) is 33.5. The molecule has 3 aliphatic rings. The quantitative estimate of drug-likeness (QED) is 0.689. The second-order valence-corrected chi connectivity index (χ2v) is 8.37. The van der Waals surface area contributed by atoms with Gasteiger partial charge in [-0.25, -0.2) is 8.42 Å². The van der Waals surface area contributed by atoms with Crippen LogP contribution in [0, 0.1) is 11.3 Å². The van der Waals surface area contributed by atoms with Gasteiger partial charge in [0.25, 0.3) is 0 Å². The Kier molecular flexibility index (Phi) is 1.68. The molecular formula is C10H15ClO2S. The summed E-state index contributed by atoms with van der Waals surface area (Å²) in [4.78, 5) is 0. The van der Waals surface area contributed by atoms with Gasteiger partial charge in [0, 0.05) is 10.7 Å². The maximum atomic E-state index is 11.4. The first-order valence-electron chi connectivity index (χ1n) is 5.42. The summed E-state index contributed by atoms with van der Waals surface area (Å²) in [5.74, 6) is 0.380. The van der Waals surface area contributed by atoms with Crippen LogP contribution >= 0.6 is 10.7 Å². The molecule has 4 heteroatoms. The molecule has 0 unspecified atom stereocenters. The van der Waals surface area contributed by atoms with Crippen molar-refractivity contribution in [1.82, 2.24) is 0 Å². The van der Waals surface area contributed by atoms with E-state index < -0.39 is 13.8 Å². The summed E-state index contributed by atoms with van der Waals surface area (Å²) in [6.07, 6.45) is 7.84. The monoisotopic (exact) mass is 234 g/mol. The molecule has 0 heterocycles. The van der Waals surface area contributed by atoms with Gasteiger partial charge in [0.1, 0.15) is 0 Å². The first-order valence-corrected chi connectivity index (χ1v) is 7.73. The molecule has 14 heavy (non-hydrogen) atoms. The molecule has 3 fully saturated rings. The average Bonchev–Trinajstić information content (AvgIpc) is 2.58. The lowest BCUT2D eigenvalue weighted by molar-refractivity contribution is -0.0290. The predicted molar refractivity (Wildman–Crippen MR) is 55.7 cm³/mol. The second-order valence-electron chi connectivity index (χ2n) is 5.46. The maximum Gasteiger partial charge on any atom is 0.238 e. The Morgan fingerprint density at radius 3 is 1.93 bits per heavy atom. The fraction of sp³-hybridized carbons (Fsp3) is 1.00. The number of halogens is 1. The summed E-state index contributed by atoms with van der Waals surface area (Å²) in [7, 11) is 2.21. The zero-order chi connectivity index (χ0) is 10.0. The Hall–Kier alpha value is 0.240. The second kappa shape index (κ2) is 2.49. The van der Waals surface area contributed by atoms with Crippen LogP contribution in [0.2, 0.25) is 0 Å². The summed E-state index contributed by atoms with van der Waals surface area (Å²) in [6, 6.07) is 0. The van der Waals surface area contributed by atoms with Gasteiger partial charge in [-0.05, 0) is 49.9 Å². The van der Waals surface area contributed by atoms with E-state index in [1.807, 2.05) is 0 Å². The molecule has 0 amide bonds. The molecule has 1 spiro atoms. The molecule has 0 aromatic rings. The van der Waals surface area contributed by atoms with Crippen molar-refractivity contribution in [2.45, 2.75) is 49.7 Å². The zero-order valence-electron chi connectivity index (χ0n) is 8.13. The van der Waals surface area contributed by atoms with Crippen LogP contribution in [0.4, 0.5) is 0 Å². The molecule has 0 saturated heterocycles. The summed E-state index contributed by atoms with van der Waals surface area (Å²) in [6.45, 7) is 0. The van der Waals surface area contributed by atoms with E-state index >= 15 is 0 Å². The average molecular weight is 235 g/mol. The molecular weight excluding hydrogens is 220 g/mol. The van der Waals surface area contributed by atoms with Crippen molar-refractivity contribution >= 4 is 19.7 Å². The van der Waals surface area contributed by atoms with Gasteiger partial charge in [0.05, 0.1) is 4.75 Å². The molecule has 0 aliphatic heterocycles. The van der Waals surface area contributed by atoms with Gasteiger partial charge in [-0.3, -0.25) is 0 Å². The summed E-state index contributed by atoms with van der Waals surface area (Å²) in [5, 5.41) is 0. The predicted octanol–water partition coefficient (Wildman–Crippen LogP) is 2.67. The molecule has 0 radical (unpaired) electrons. The lowest BCUT2D eigenvalue weighted by Gasteiger charge is -2.56. The Bertz CT molecular complexity index is 358. The molecule has 80 valence electrons. The number of hydrogen-bond acceptors (Lipinski definition) is 2. The van der Waals surface area contributed by atoms with E-state index in [9.17, 15) is 8.42 Å². The van der Waals surface area contributed by atoms with E-state index in [1.54, 1.807) is 0 Å². The van der Waals surface area contributed by atoms with Crippen LogP contribution in [-0.2, 0) is 9.05 Å². The zero-order valence-corrected chi connectivity index (χ0v) is 9.70. The van der Waals surface area contributed by atoms with E-state index in [2.05, 4.69) is 0 Å². The molecule has 3 aliphatic carbocycles. The standard InChI is InChI=1S/C10H15ClO2S/c11-14(12,13)10(4-5-10)8-6-9(7-8)2-1-3-9/h8H,1-7H2. The van der Waals surface area contributed by atoms with Crippen molar-refractivity contribution in [3.8, 4) is 0 Å². The molecule has 3 rings (SSSR count). The van der Waals surface area contributed by atoms with Gasteiger partial charge in [-0.2, -0.15) is 0 Å². The lowest BCUT2D eigenvalue weighted by Crippen LogP contribution is -2.49. The van der Waals surface area contributed by atoms with E-state index in [1.165, 1.54) is 19.3 Å². The number of rotatable bonds is 2. The molecule has 0 atom stereocenters. The molecule has 0 bridgehead atoms. The highest BCUT2D eigenvalue weighted by molar-refractivity contribution is 8.15. The smallest absolute Gasteiger partial charge is 0.212 e. The highest BCUT2D eigenvalue weighted by Gasteiger charge is 2.65. The minimum atomic E-state index is -3.31. The molecule has 0 N–H and O–H groups in total. The largest absolute Gasteiger partial charge is 0.238 e.